The van der Waals surface area contributed by atoms with Crippen LogP contribution in [0.25, 0.3) is 11.4 Å². The zero-order valence-corrected chi connectivity index (χ0v) is 18.4. The molecule has 0 spiro atoms. The van der Waals surface area contributed by atoms with Crippen LogP contribution in [0.15, 0.2) is 41.1 Å². The largest absolute Gasteiger partial charge is 0.482 e. The number of halogens is 2. The molecular weight excluding hydrogens is 441 g/mol. The van der Waals surface area contributed by atoms with Gasteiger partial charge in [0.25, 0.3) is 5.91 Å². The van der Waals surface area contributed by atoms with Gasteiger partial charge in [0.1, 0.15) is 11.6 Å². The maximum Gasteiger partial charge on any atom is 0.260 e. The first-order valence-electron chi connectivity index (χ1n) is 9.93. The zero-order chi connectivity index (χ0) is 21.8. The van der Waals surface area contributed by atoms with Crippen LogP contribution in [0.3, 0.4) is 0 Å². The lowest BCUT2D eigenvalue weighted by molar-refractivity contribution is -0.133. The Bertz CT molecular complexity index is 1050. The third-order valence-electron chi connectivity index (χ3n) is 4.98. The lowest BCUT2D eigenvalue weighted by atomic mass is 10.2. The van der Waals surface area contributed by atoms with Gasteiger partial charge in [-0.1, -0.05) is 35.3 Å². The molecule has 1 fully saturated rings. The smallest absolute Gasteiger partial charge is 0.260 e. The van der Waals surface area contributed by atoms with Crippen molar-refractivity contribution in [3.63, 3.8) is 0 Å². The third-order valence-corrected chi connectivity index (χ3v) is 5.51. The van der Waals surface area contributed by atoms with Gasteiger partial charge in [0, 0.05) is 49.4 Å². The predicted molar refractivity (Wildman–Crippen MR) is 118 cm³/mol. The minimum Gasteiger partial charge on any atom is -0.482 e. The summed E-state index contributed by atoms with van der Waals surface area (Å²) < 4.78 is 10.7. The van der Waals surface area contributed by atoms with E-state index < -0.39 is 0 Å². The Morgan fingerprint density at radius 2 is 1.97 bits per heavy atom. The Hall–Kier alpha value is -2.84. The summed E-state index contributed by atoms with van der Waals surface area (Å²) in [6.45, 7) is 4.43. The first-order valence-corrected chi connectivity index (χ1v) is 10.7. The number of carbonyl (C=O) groups excluding carboxylic acids is 1. The lowest BCUT2D eigenvalue weighted by Gasteiger charge is -2.35. The molecular formula is C21H21Cl2N5O3. The van der Waals surface area contributed by atoms with Crippen LogP contribution < -0.4 is 9.64 Å². The molecule has 1 aliphatic heterocycles. The van der Waals surface area contributed by atoms with Gasteiger partial charge in [-0.05, 0) is 30.3 Å². The molecule has 3 heterocycles. The average molecular weight is 462 g/mol. The van der Waals surface area contributed by atoms with Crippen molar-refractivity contribution in [1.29, 1.82) is 0 Å². The fourth-order valence-electron chi connectivity index (χ4n) is 3.23. The molecule has 0 bridgehead atoms. The molecule has 31 heavy (non-hydrogen) atoms. The van der Waals surface area contributed by atoms with Crippen molar-refractivity contribution in [3.8, 4) is 17.1 Å². The third kappa shape index (κ3) is 5.08. The van der Waals surface area contributed by atoms with Gasteiger partial charge >= 0.3 is 0 Å². The molecule has 8 nitrogen and oxygen atoms in total. The Morgan fingerprint density at radius 1 is 1.16 bits per heavy atom. The highest BCUT2D eigenvalue weighted by molar-refractivity contribution is 6.35. The fourth-order valence-corrected chi connectivity index (χ4v) is 3.69. The van der Waals surface area contributed by atoms with Crippen LogP contribution in [-0.2, 0) is 11.2 Å². The second-order valence-corrected chi connectivity index (χ2v) is 7.85. The predicted octanol–water partition coefficient (Wildman–Crippen LogP) is 3.73. The molecule has 1 aromatic carbocycles. The molecule has 3 aromatic rings. The highest BCUT2D eigenvalue weighted by Crippen LogP contribution is 2.27. The monoisotopic (exact) mass is 461 g/mol. The van der Waals surface area contributed by atoms with Crippen molar-refractivity contribution in [1.82, 2.24) is 20.0 Å². The molecule has 162 valence electrons. The van der Waals surface area contributed by atoms with Gasteiger partial charge in [-0.25, -0.2) is 4.98 Å². The van der Waals surface area contributed by atoms with Gasteiger partial charge in [-0.15, -0.1) is 0 Å². The Kier molecular flexibility index (Phi) is 6.58. The number of amides is 1. The summed E-state index contributed by atoms with van der Waals surface area (Å²) in [5.41, 5.74) is 0.805. The van der Waals surface area contributed by atoms with E-state index in [2.05, 4.69) is 20.0 Å². The topological polar surface area (TPSA) is 84.6 Å². The fraction of sp³-hybridized carbons (Fsp3) is 0.333. The number of piperazine rings is 1. The average Bonchev–Trinajstić information content (AvgIpc) is 3.28. The number of nitrogens with zero attached hydrogens (tertiary/aromatic N) is 5. The number of aromatic nitrogens is 3. The van der Waals surface area contributed by atoms with Crippen LogP contribution >= 0.6 is 23.2 Å². The first kappa shape index (κ1) is 21.4. The van der Waals surface area contributed by atoms with Gasteiger partial charge in [0.15, 0.2) is 6.61 Å². The summed E-state index contributed by atoms with van der Waals surface area (Å²) in [6.07, 6.45) is 2.43. The van der Waals surface area contributed by atoms with Crippen LogP contribution in [-0.4, -0.2) is 58.7 Å². The number of aryl methyl sites for hydroxylation is 1. The summed E-state index contributed by atoms with van der Waals surface area (Å²) in [7, 11) is 0. The molecule has 0 unspecified atom stereocenters. The lowest BCUT2D eigenvalue weighted by Crippen LogP contribution is -2.50. The molecule has 1 saturated heterocycles. The van der Waals surface area contributed by atoms with Gasteiger partial charge in [0.05, 0.1) is 5.02 Å². The highest BCUT2D eigenvalue weighted by atomic mass is 35.5. The van der Waals surface area contributed by atoms with E-state index >= 15 is 0 Å². The number of rotatable bonds is 6. The summed E-state index contributed by atoms with van der Waals surface area (Å²) in [5.74, 6) is 2.33. The molecule has 0 aliphatic carbocycles. The van der Waals surface area contributed by atoms with Gasteiger partial charge in [-0.3, -0.25) is 4.79 Å². The summed E-state index contributed by atoms with van der Waals surface area (Å²) in [6, 6.07) is 8.77. The number of ether oxygens (including phenoxy) is 1. The Balaban J connectivity index is 1.29. The van der Waals surface area contributed by atoms with E-state index in [0.717, 1.165) is 11.4 Å². The van der Waals surface area contributed by atoms with Gasteiger partial charge < -0.3 is 19.1 Å². The van der Waals surface area contributed by atoms with Crippen molar-refractivity contribution in [2.45, 2.75) is 13.3 Å². The summed E-state index contributed by atoms with van der Waals surface area (Å²) in [5, 5.41) is 4.87. The summed E-state index contributed by atoms with van der Waals surface area (Å²) >= 11 is 12.0. The zero-order valence-electron chi connectivity index (χ0n) is 16.9. The van der Waals surface area contributed by atoms with E-state index in [9.17, 15) is 4.79 Å². The molecule has 0 atom stereocenters. The van der Waals surface area contributed by atoms with Gasteiger partial charge in [0.2, 0.25) is 11.7 Å². The van der Waals surface area contributed by atoms with Crippen molar-refractivity contribution in [2.24, 2.45) is 0 Å². The van der Waals surface area contributed by atoms with Crippen LogP contribution in [0.1, 0.15) is 12.8 Å². The minimum absolute atomic E-state index is 0.0707. The maximum atomic E-state index is 12.5. The number of hydrogen-bond donors (Lipinski definition) is 0. The van der Waals surface area contributed by atoms with E-state index in [4.69, 9.17) is 32.5 Å². The minimum atomic E-state index is -0.0854. The standard InChI is InChI=1S/C21H21Cl2N5O3/c1-2-19-25-21(26-31-19)14-3-6-18(24-12-14)27-7-9-28(10-8-27)20(29)13-30-17-5-4-15(22)11-16(17)23/h3-6,11-12H,2,7-10,13H2,1H3. The van der Waals surface area contributed by atoms with E-state index in [1.54, 1.807) is 29.3 Å². The molecule has 2 aromatic heterocycles. The number of anilines is 1. The Morgan fingerprint density at radius 3 is 2.61 bits per heavy atom. The van der Waals surface area contributed by atoms with Crippen molar-refractivity contribution in [2.75, 3.05) is 37.7 Å². The maximum absolute atomic E-state index is 12.5. The quantitative estimate of drug-likeness (QED) is 0.552. The van der Waals surface area contributed by atoms with E-state index in [1.807, 2.05) is 19.1 Å². The molecule has 0 radical (unpaired) electrons. The highest BCUT2D eigenvalue weighted by Gasteiger charge is 2.22. The van der Waals surface area contributed by atoms with Gasteiger partial charge in [-0.2, -0.15) is 4.98 Å². The second kappa shape index (κ2) is 9.53. The number of benzene rings is 1. The SMILES string of the molecule is CCc1nc(-c2ccc(N3CCN(C(=O)COc4ccc(Cl)cc4Cl)CC3)nc2)no1. The normalized spacial score (nSPS) is 14.0. The molecule has 1 amide bonds. The molecule has 10 heteroatoms. The number of carbonyl (C=O) groups is 1. The first-order chi connectivity index (χ1) is 15.0. The van der Waals surface area contributed by atoms with E-state index in [1.165, 1.54) is 0 Å². The van der Waals surface area contributed by atoms with Crippen LogP contribution in [0.5, 0.6) is 5.75 Å². The Labute approximate surface area is 189 Å². The van der Waals surface area contributed by atoms with Crippen LogP contribution in [0, 0.1) is 0 Å². The van der Waals surface area contributed by atoms with Crippen LogP contribution in [0.4, 0.5) is 5.82 Å². The van der Waals surface area contributed by atoms with Crippen molar-refractivity contribution in [3.05, 3.63) is 52.5 Å². The number of hydrogen-bond acceptors (Lipinski definition) is 7. The van der Waals surface area contributed by atoms with Crippen molar-refractivity contribution >= 4 is 34.9 Å². The van der Waals surface area contributed by atoms with E-state index in [0.29, 0.717) is 60.1 Å². The molecule has 4 rings (SSSR count). The number of pyridine rings is 1. The summed E-state index contributed by atoms with van der Waals surface area (Å²) in [4.78, 5) is 25.3. The second-order valence-electron chi connectivity index (χ2n) is 7.00. The van der Waals surface area contributed by atoms with Crippen molar-refractivity contribution < 1.29 is 14.1 Å². The molecule has 0 saturated carbocycles. The van der Waals surface area contributed by atoms with Crippen LogP contribution in [0.2, 0.25) is 10.0 Å². The molecule has 0 N–H and O–H groups in total. The van der Waals surface area contributed by atoms with E-state index in [-0.39, 0.29) is 12.5 Å². The molecule has 1 aliphatic rings.